The molecule has 0 aliphatic carbocycles. The Bertz CT molecular complexity index is 387. The van der Waals surface area contributed by atoms with E-state index in [0.29, 0.717) is 5.88 Å². The van der Waals surface area contributed by atoms with Gasteiger partial charge in [-0.15, -0.1) is 0 Å². The van der Waals surface area contributed by atoms with Gasteiger partial charge in [0.15, 0.2) is 0 Å². The van der Waals surface area contributed by atoms with Crippen LogP contribution in [-0.2, 0) is 0 Å². The van der Waals surface area contributed by atoms with Crippen molar-refractivity contribution in [2.24, 2.45) is 5.73 Å². The van der Waals surface area contributed by atoms with Crippen LogP contribution < -0.4 is 15.4 Å². The molecule has 106 valence electrons. The second-order valence-electron chi connectivity index (χ2n) is 4.72. The van der Waals surface area contributed by atoms with Crippen LogP contribution in [0.1, 0.15) is 12.8 Å². The molecule has 1 aromatic rings. The highest BCUT2D eigenvalue weighted by Gasteiger charge is 2.16. The SMILES string of the molecule is COc1ccnc(N2CCCN(CCCN)CC2)n1. The largest absolute Gasteiger partial charge is 0.481 e. The molecule has 0 bridgehead atoms. The Labute approximate surface area is 114 Å². The fourth-order valence-corrected chi connectivity index (χ4v) is 2.31. The van der Waals surface area contributed by atoms with Gasteiger partial charge in [-0.3, -0.25) is 0 Å². The molecule has 0 atom stereocenters. The van der Waals surface area contributed by atoms with Gasteiger partial charge in [-0.1, -0.05) is 0 Å². The van der Waals surface area contributed by atoms with Crippen molar-refractivity contribution >= 4 is 5.95 Å². The first kappa shape index (κ1) is 14.0. The van der Waals surface area contributed by atoms with Crippen molar-refractivity contribution in [2.75, 3.05) is 51.3 Å². The van der Waals surface area contributed by atoms with Crippen molar-refractivity contribution in [3.63, 3.8) is 0 Å². The van der Waals surface area contributed by atoms with Gasteiger partial charge in [0.05, 0.1) is 7.11 Å². The Morgan fingerprint density at radius 2 is 2.21 bits per heavy atom. The van der Waals surface area contributed by atoms with Crippen LogP contribution in [0.4, 0.5) is 5.95 Å². The van der Waals surface area contributed by atoms with Crippen LogP contribution in [0.25, 0.3) is 0 Å². The smallest absolute Gasteiger partial charge is 0.228 e. The molecule has 0 saturated carbocycles. The van der Waals surface area contributed by atoms with Gasteiger partial charge in [0.2, 0.25) is 11.8 Å². The van der Waals surface area contributed by atoms with Crippen molar-refractivity contribution in [3.05, 3.63) is 12.3 Å². The lowest BCUT2D eigenvalue weighted by molar-refractivity contribution is 0.291. The van der Waals surface area contributed by atoms with Crippen molar-refractivity contribution in [3.8, 4) is 5.88 Å². The molecule has 0 aromatic carbocycles. The third kappa shape index (κ3) is 4.04. The predicted octanol–water partition coefficient (Wildman–Crippen LogP) is 0.346. The highest BCUT2D eigenvalue weighted by Crippen LogP contribution is 2.14. The van der Waals surface area contributed by atoms with Crippen LogP contribution in [0.15, 0.2) is 12.3 Å². The summed E-state index contributed by atoms with van der Waals surface area (Å²) in [7, 11) is 1.63. The van der Waals surface area contributed by atoms with Crippen LogP contribution in [0.2, 0.25) is 0 Å². The van der Waals surface area contributed by atoms with Crippen LogP contribution in [0.3, 0.4) is 0 Å². The summed E-state index contributed by atoms with van der Waals surface area (Å²) in [5.41, 5.74) is 5.56. The molecule has 1 aliphatic rings. The molecule has 1 aliphatic heterocycles. The zero-order valence-corrected chi connectivity index (χ0v) is 11.6. The van der Waals surface area contributed by atoms with Gasteiger partial charge >= 0.3 is 0 Å². The molecular formula is C13H23N5O. The molecule has 0 amide bonds. The van der Waals surface area contributed by atoms with E-state index < -0.39 is 0 Å². The van der Waals surface area contributed by atoms with E-state index in [2.05, 4.69) is 19.8 Å². The Kier molecular flexibility index (Phi) is 5.35. The first-order valence-electron chi connectivity index (χ1n) is 6.88. The van der Waals surface area contributed by atoms with Gasteiger partial charge in [0.25, 0.3) is 0 Å². The number of rotatable bonds is 5. The molecule has 6 heteroatoms. The van der Waals surface area contributed by atoms with Crippen molar-refractivity contribution < 1.29 is 4.74 Å². The van der Waals surface area contributed by atoms with E-state index in [0.717, 1.165) is 58.1 Å². The number of anilines is 1. The van der Waals surface area contributed by atoms with Crippen molar-refractivity contribution in [2.45, 2.75) is 12.8 Å². The molecule has 1 saturated heterocycles. The fourth-order valence-electron chi connectivity index (χ4n) is 2.31. The monoisotopic (exact) mass is 265 g/mol. The molecule has 1 fully saturated rings. The maximum atomic E-state index is 5.56. The lowest BCUT2D eigenvalue weighted by Gasteiger charge is -2.21. The minimum absolute atomic E-state index is 0.620. The van der Waals surface area contributed by atoms with Gasteiger partial charge in [-0.2, -0.15) is 4.98 Å². The van der Waals surface area contributed by atoms with Gasteiger partial charge in [-0.05, 0) is 32.5 Å². The normalized spacial score (nSPS) is 17.3. The van der Waals surface area contributed by atoms with E-state index in [1.54, 1.807) is 19.4 Å². The highest BCUT2D eigenvalue weighted by molar-refractivity contribution is 5.32. The fraction of sp³-hybridized carbons (Fsp3) is 0.692. The van der Waals surface area contributed by atoms with Crippen LogP contribution in [0, 0.1) is 0 Å². The molecule has 2 rings (SSSR count). The molecule has 0 spiro atoms. The van der Waals surface area contributed by atoms with Gasteiger partial charge in [-0.25, -0.2) is 4.98 Å². The third-order valence-corrected chi connectivity index (χ3v) is 3.38. The van der Waals surface area contributed by atoms with E-state index in [1.807, 2.05) is 0 Å². The summed E-state index contributed by atoms with van der Waals surface area (Å²) in [6.45, 7) is 5.97. The molecule has 19 heavy (non-hydrogen) atoms. The quantitative estimate of drug-likeness (QED) is 0.828. The molecule has 0 unspecified atom stereocenters. The third-order valence-electron chi connectivity index (χ3n) is 3.38. The summed E-state index contributed by atoms with van der Waals surface area (Å²) in [5.74, 6) is 1.38. The second kappa shape index (κ2) is 7.25. The number of nitrogens with two attached hydrogens (primary N) is 1. The van der Waals surface area contributed by atoms with E-state index >= 15 is 0 Å². The molecule has 2 heterocycles. The number of methoxy groups -OCH3 is 1. The van der Waals surface area contributed by atoms with E-state index in [1.165, 1.54) is 0 Å². The summed E-state index contributed by atoms with van der Waals surface area (Å²) in [6.07, 6.45) is 3.94. The zero-order valence-electron chi connectivity index (χ0n) is 11.6. The number of nitrogens with zero attached hydrogens (tertiary/aromatic N) is 4. The second-order valence-corrected chi connectivity index (χ2v) is 4.72. The van der Waals surface area contributed by atoms with Crippen LogP contribution >= 0.6 is 0 Å². The minimum atomic E-state index is 0.620. The summed E-state index contributed by atoms with van der Waals surface area (Å²) in [4.78, 5) is 13.4. The average Bonchev–Trinajstić information content (AvgIpc) is 2.70. The van der Waals surface area contributed by atoms with Gasteiger partial charge in [0, 0.05) is 31.9 Å². The van der Waals surface area contributed by atoms with Crippen molar-refractivity contribution in [1.82, 2.24) is 14.9 Å². The zero-order chi connectivity index (χ0) is 13.5. The lowest BCUT2D eigenvalue weighted by atomic mass is 10.3. The Hall–Kier alpha value is -1.40. The van der Waals surface area contributed by atoms with Gasteiger partial charge in [0.1, 0.15) is 0 Å². The van der Waals surface area contributed by atoms with Crippen LogP contribution in [0.5, 0.6) is 5.88 Å². The van der Waals surface area contributed by atoms with E-state index in [4.69, 9.17) is 10.5 Å². The molecule has 6 nitrogen and oxygen atoms in total. The standard InChI is InChI=1S/C13H23N5O/c1-19-12-4-6-15-13(16-12)18-9-3-8-17(10-11-18)7-2-5-14/h4,6H,2-3,5,7-11,14H2,1H3. The Balaban J connectivity index is 1.94. The lowest BCUT2D eigenvalue weighted by Crippen LogP contribution is -2.32. The number of hydrogen-bond donors (Lipinski definition) is 1. The van der Waals surface area contributed by atoms with Crippen molar-refractivity contribution in [1.29, 1.82) is 0 Å². The molecular weight excluding hydrogens is 242 g/mol. The first-order valence-corrected chi connectivity index (χ1v) is 6.88. The Morgan fingerprint density at radius 3 is 3.00 bits per heavy atom. The number of ether oxygens (including phenoxy) is 1. The average molecular weight is 265 g/mol. The summed E-state index contributed by atoms with van der Waals surface area (Å²) in [6, 6.07) is 1.77. The maximum absolute atomic E-state index is 5.56. The minimum Gasteiger partial charge on any atom is -0.481 e. The highest BCUT2D eigenvalue weighted by atomic mass is 16.5. The Morgan fingerprint density at radius 1 is 1.32 bits per heavy atom. The summed E-state index contributed by atoms with van der Waals surface area (Å²) < 4.78 is 5.15. The van der Waals surface area contributed by atoms with E-state index in [-0.39, 0.29) is 0 Å². The number of hydrogen-bond acceptors (Lipinski definition) is 6. The maximum Gasteiger partial charge on any atom is 0.228 e. The van der Waals surface area contributed by atoms with E-state index in [9.17, 15) is 0 Å². The van der Waals surface area contributed by atoms with Gasteiger partial charge < -0.3 is 20.3 Å². The summed E-state index contributed by atoms with van der Waals surface area (Å²) >= 11 is 0. The number of aromatic nitrogens is 2. The van der Waals surface area contributed by atoms with Crippen LogP contribution in [-0.4, -0.2) is 61.2 Å². The molecule has 1 aromatic heterocycles. The molecule has 0 radical (unpaired) electrons. The summed E-state index contributed by atoms with van der Waals surface area (Å²) in [5, 5.41) is 0. The first-order chi connectivity index (χ1) is 9.33. The predicted molar refractivity (Wildman–Crippen MR) is 75.5 cm³/mol. The molecule has 2 N–H and O–H groups in total. The topological polar surface area (TPSA) is 67.5 Å².